The highest BCUT2D eigenvalue weighted by molar-refractivity contribution is 6.31. The van der Waals surface area contributed by atoms with Crippen molar-refractivity contribution in [1.29, 1.82) is 0 Å². The van der Waals surface area contributed by atoms with Crippen molar-refractivity contribution in [2.75, 3.05) is 0 Å². The number of rotatable bonds is 2. The third kappa shape index (κ3) is 2.59. The van der Waals surface area contributed by atoms with Gasteiger partial charge in [0.2, 0.25) is 0 Å². The maximum atomic E-state index is 13.8. The van der Waals surface area contributed by atoms with E-state index < -0.39 is 35.0 Å². The second-order valence-corrected chi connectivity index (χ2v) is 5.12. The second-order valence-electron chi connectivity index (χ2n) is 4.72. The molecule has 3 nitrogen and oxygen atoms in total. The van der Waals surface area contributed by atoms with E-state index in [1.54, 1.807) is 0 Å². The fourth-order valence-corrected chi connectivity index (χ4v) is 2.85. The van der Waals surface area contributed by atoms with E-state index in [-0.39, 0.29) is 23.4 Å². The van der Waals surface area contributed by atoms with Gasteiger partial charge in [-0.1, -0.05) is 17.7 Å². The van der Waals surface area contributed by atoms with Crippen molar-refractivity contribution in [3.8, 4) is 0 Å². The lowest BCUT2D eigenvalue weighted by atomic mass is 9.75. The van der Waals surface area contributed by atoms with Gasteiger partial charge in [0, 0.05) is 29.3 Å². The van der Waals surface area contributed by atoms with Crippen LogP contribution in [-0.4, -0.2) is 17.3 Å². The largest absolute Gasteiger partial charge is 0.299 e. The predicted octanol–water partition coefficient (Wildman–Crippen LogP) is 2.70. The highest BCUT2D eigenvalue weighted by Gasteiger charge is 2.39. The average Bonchev–Trinajstić information content (AvgIpc) is 2.26. The van der Waals surface area contributed by atoms with Crippen LogP contribution >= 0.6 is 11.6 Å². The Morgan fingerprint density at radius 2 is 1.84 bits per heavy atom. The lowest BCUT2D eigenvalue weighted by Gasteiger charge is -2.26. The topological polar surface area (TPSA) is 51.2 Å². The number of halogens is 2. The summed E-state index contributed by atoms with van der Waals surface area (Å²) in [6, 6.07) is 4.23. The molecule has 0 radical (unpaired) electrons. The molecule has 19 heavy (non-hydrogen) atoms. The van der Waals surface area contributed by atoms with Gasteiger partial charge in [-0.2, -0.15) is 0 Å². The molecule has 1 saturated carbocycles. The highest BCUT2D eigenvalue weighted by Crippen LogP contribution is 2.37. The number of carbonyl (C=O) groups is 3. The SMILES string of the molecule is CC(=O)C1C(=O)CC(c2c(F)cccc2Cl)CC1=O. The Balaban J connectivity index is 2.33. The summed E-state index contributed by atoms with van der Waals surface area (Å²) in [4.78, 5) is 34.9. The van der Waals surface area contributed by atoms with Crippen LogP contribution in [0.1, 0.15) is 31.2 Å². The fourth-order valence-electron chi connectivity index (χ4n) is 2.53. The van der Waals surface area contributed by atoms with Crippen LogP contribution in [0.15, 0.2) is 18.2 Å². The average molecular weight is 283 g/mol. The van der Waals surface area contributed by atoms with Crippen LogP contribution in [0.4, 0.5) is 4.39 Å². The molecule has 0 aliphatic heterocycles. The molecule has 0 heterocycles. The van der Waals surface area contributed by atoms with E-state index in [0.29, 0.717) is 0 Å². The molecule has 0 unspecified atom stereocenters. The smallest absolute Gasteiger partial charge is 0.151 e. The molecule has 0 spiro atoms. The minimum Gasteiger partial charge on any atom is -0.299 e. The zero-order valence-corrected chi connectivity index (χ0v) is 11.0. The van der Waals surface area contributed by atoms with E-state index in [1.807, 2.05) is 0 Å². The van der Waals surface area contributed by atoms with Crippen molar-refractivity contribution in [2.24, 2.45) is 5.92 Å². The van der Waals surface area contributed by atoms with Gasteiger partial charge < -0.3 is 0 Å². The lowest BCUT2D eigenvalue weighted by Crippen LogP contribution is -2.37. The van der Waals surface area contributed by atoms with Gasteiger partial charge in [-0.15, -0.1) is 0 Å². The fraction of sp³-hybridized carbons (Fsp3) is 0.357. The molecule has 2 rings (SSSR count). The van der Waals surface area contributed by atoms with E-state index >= 15 is 0 Å². The summed E-state index contributed by atoms with van der Waals surface area (Å²) in [7, 11) is 0. The molecule has 0 saturated heterocycles. The first-order valence-corrected chi connectivity index (χ1v) is 6.29. The van der Waals surface area contributed by atoms with Crippen LogP contribution in [0.2, 0.25) is 5.02 Å². The summed E-state index contributed by atoms with van der Waals surface area (Å²) < 4.78 is 13.8. The Kier molecular flexibility index (Phi) is 3.80. The first kappa shape index (κ1) is 13.9. The Hall–Kier alpha value is -1.55. The highest BCUT2D eigenvalue weighted by atomic mass is 35.5. The van der Waals surface area contributed by atoms with Crippen molar-refractivity contribution in [2.45, 2.75) is 25.7 Å². The van der Waals surface area contributed by atoms with Gasteiger partial charge in [0.05, 0.1) is 0 Å². The minimum atomic E-state index is -1.18. The third-order valence-corrected chi connectivity index (χ3v) is 3.68. The Morgan fingerprint density at radius 1 is 1.26 bits per heavy atom. The van der Waals surface area contributed by atoms with E-state index in [9.17, 15) is 18.8 Å². The molecular formula is C14H12ClFO3. The number of benzene rings is 1. The Labute approximate surface area is 114 Å². The molecule has 1 aliphatic carbocycles. The standard InChI is InChI=1S/C14H12ClFO3/c1-7(17)13-11(18)5-8(6-12(13)19)14-9(15)3-2-4-10(14)16/h2-4,8,13H,5-6H2,1H3. The monoisotopic (exact) mass is 282 g/mol. The maximum Gasteiger partial charge on any atom is 0.151 e. The van der Waals surface area contributed by atoms with Gasteiger partial charge in [-0.3, -0.25) is 14.4 Å². The number of hydrogen-bond acceptors (Lipinski definition) is 3. The summed E-state index contributed by atoms with van der Waals surface area (Å²) >= 11 is 5.93. The lowest BCUT2D eigenvalue weighted by molar-refractivity contribution is -0.141. The van der Waals surface area contributed by atoms with Crippen LogP contribution in [0.3, 0.4) is 0 Å². The normalized spacial score (nSPS) is 23.5. The molecule has 0 N–H and O–H groups in total. The zero-order valence-electron chi connectivity index (χ0n) is 10.3. The van der Waals surface area contributed by atoms with E-state index in [2.05, 4.69) is 0 Å². The van der Waals surface area contributed by atoms with Gasteiger partial charge in [0.15, 0.2) is 11.6 Å². The third-order valence-electron chi connectivity index (χ3n) is 3.35. The van der Waals surface area contributed by atoms with Gasteiger partial charge in [-0.25, -0.2) is 4.39 Å². The molecule has 1 aliphatic rings. The summed E-state index contributed by atoms with van der Waals surface area (Å²) in [5.41, 5.74) is 0.188. The van der Waals surface area contributed by atoms with Crippen molar-refractivity contribution in [3.05, 3.63) is 34.6 Å². The van der Waals surface area contributed by atoms with Gasteiger partial charge in [-0.05, 0) is 19.1 Å². The Bertz CT molecular complexity index is 530. The second kappa shape index (κ2) is 5.21. The first-order valence-electron chi connectivity index (χ1n) is 5.91. The quantitative estimate of drug-likeness (QED) is 0.784. The van der Waals surface area contributed by atoms with E-state index in [1.165, 1.54) is 25.1 Å². The molecule has 0 aromatic heterocycles. The van der Waals surface area contributed by atoms with Gasteiger partial charge in [0.1, 0.15) is 17.5 Å². The van der Waals surface area contributed by atoms with Gasteiger partial charge in [0.25, 0.3) is 0 Å². The van der Waals surface area contributed by atoms with Crippen molar-refractivity contribution in [1.82, 2.24) is 0 Å². The number of hydrogen-bond donors (Lipinski definition) is 0. The van der Waals surface area contributed by atoms with Crippen molar-refractivity contribution >= 4 is 29.0 Å². The van der Waals surface area contributed by atoms with Crippen molar-refractivity contribution in [3.63, 3.8) is 0 Å². The van der Waals surface area contributed by atoms with Crippen LogP contribution < -0.4 is 0 Å². The van der Waals surface area contributed by atoms with E-state index in [0.717, 1.165) is 0 Å². The summed E-state index contributed by atoms with van der Waals surface area (Å²) in [6.45, 7) is 1.22. The molecule has 0 atom stereocenters. The van der Waals surface area contributed by atoms with Crippen molar-refractivity contribution < 1.29 is 18.8 Å². The molecule has 0 amide bonds. The summed E-state index contributed by atoms with van der Waals surface area (Å²) in [5.74, 6) is -3.64. The van der Waals surface area contributed by atoms with Gasteiger partial charge >= 0.3 is 0 Å². The molecule has 0 bridgehead atoms. The molecular weight excluding hydrogens is 271 g/mol. The molecule has 1 fully saturated rings. The van der Waals surface area contributed by atoms with E-state index in [4.69, 9.17) is 11.6 Å². The molecule has 1 aromatic rings. The van der Waals surface area contributed by atoms with Crippen LogP contribution in [-0.2, 0) is 14.4 Å². The summed E-state index contributed by atoms with van der Waals surface area (Å²) in [5, 5.41) is 0.201. The summed E-state index contributed by atoms with van der Waals surface area (Å²) in [6.07, 6.45) is -0.0622. The zero-order chi connectivity index (χ0) is 14.2. The number of Topliss-reactive ketones (excluding diaryl/α,β-unsaturated/α-hetero) is 3. The predicted molar refractivity (Wildman–Crippen MR) is 67.6 cm³/mol. The minimum absolute atomic E-state index is 0.0311. The molecule has 1 aromatic carbocycles. The van der Waals surface area contributed by atoms with Crippen LogP contribution in [0, 0.1) is 11.7 Å². The molecule has 100 valence electrons. The number of ketones is 3. The maximum absolute atomic E-state index is 13.8. The Morgan fingerprint density at radius 3 is 2.32 bits per heavy atom. The molecule has 5 heteroatoms. The number of carbonyl (C=O) groups excluding carboxylic acids is 3. The van der Waals surface area contributed by atoms with Crippen LogP contribution in [0.25, 0.3) is 0 Å². The van der Waals surface area contributed by atoms with Crippen LogP contribution in [0.5, 0.6) is 0 Å². The first-order chi connectivity index (χ1) is 8.91.